The highest BCUT2D eigenvalue weighted by molar-refractivity contribution is 7.80. The molecule has 0 bridgehead atoms. The minimum absolute atomic E-state index is 0.508. The number of ether oxygens (including phenoxy) is 3. The van der Waals surface area contributed by atoms with Crippen LogP contribution in [0.3, 0.4) is 0 Å². The topological polar surface area (TPSA) is 27.7 Å². The molecule has 0 amide bonds. The molecular weight excluding hydrogens is 192 g/mol. The zero-order valence-corrected chi connectivity index (χ0v) is 10.3. The van der Waals surface area contributed by atoms with Crippen LogP contribution < -0.4 is 0 Å². The number of rotatable bonds is 7. The summed E-state index contributed by atoms with van der Waals surface area (Å²) in [6.07, 6.45) is 1.10. The Hall–Kier alpha value is 0.447. The SMILES string of the molecule is COC(OC)(OC)[SiH2]CCCS. The summed E-state index contributed by atoms with van der Waals surface area (Å²) in [5.74, 6) is 0.917. The average molecular weight is 210 g/mol. The van der Waals surface area contributed by atoms with E-state index in [2.05, 4.69) is 12.6 Å². The molecule has 0 saturated carbocycles. The standard InChI is InChI=1S/C7H18O3SSi/c1-8-7(9-2,10-3)12-6-4-5-11/h11H,4-6,12H2,1-3H3. The first-order valence-electron chi connectivity index (χ1n) is 4.01. The third-order valence-corrected chi connectivity index (χ3v) is 4.47. The van der Waals surface area contributed by atoms with Crippen LogP contribution in [-0.4, -0.2) is 42.2 Å². The van der Waals surface area contributed by atoms with Gasteiger partial charge in [-0.3, -0.25) is 0 Å². The van der Waals surface area contributed by atoms with E-state index in [0.29, 0.717) is 0 Å². The molecule has 0 aromatic carbocycles. The highest BCUT2D eigenvalue weighted by Gasteiger charge is 2.28. The van der Waals surface area contributed by atoms with Gasteiger partial charge in [0.25, 0.3) is 0 Å². The molecule has 0 rings (SSSR count). The molecular formula is C7H18O3SSi. The van der Waals surface area contributed by atoms with E-state index in [1.807, 2.05) is 0 Å². The summed E-state index contributed by atoms with van der Waals surface area (Å²) < 4.78 is 15.5. The van der Waals surface area contributed by atoms with E-state index in [0.717, 1.165) is 18.2 Å². The molecule has 5 heteroatoms. The summed E-state index contributed by atoms with van der Waals surface area (Å²) in [5, 5.41) is 0. The van der Waals surface area contributed by atoms with Crippen LogP contribution in [0.5, 0.6) is 0 Å². The van der Waals surface area contributed by atoms with Crippen LogP contribution >= 0.6 is 12.6 Å². The van der Waals surface area contributed by atoms with Crippen LogP contribution in [0.25, 0.3) is 0 Å². The van der Waals surface area contributed by atoms with Gasteiger partial charge in [0.2, 0.25) is 5.60 Å². The molecule has 3 nitrogen and oxygen atoms in total. The van der Waals surface area contributed by atoms with Crippen LogP contribution in [-0.2, 0) is 14.2 Å². The van der Waals surface area contributed by atoms with E-state index in [-0.39, 0.29) is 0 Å². The Morgan fingerprint density at radius 3 is 2.00 bits per heavy atom. The Kier molecular flexibility index (Phi) is 7.17. The maximum Gasteiger partial charge on any atom is 0.248 e. The van der Waals surface area contributed by atoms with Crippen molar-refractivity contribution in [2.45, 2.75) is 18.1 Å². The summed E-state index contributed by atoms with van der Waals surface area (Å²) in [5.41, 5.74) is -0.719. The smallest absolute Gasteiger partial charge is 0.248 e. The lowest BCUT2D eigenvalue weighted by Crippen LogP contribution is -2.42. The molecule has 0 aliphatic carbocycles. The molecule has 0 saturated heterocycles. The van der Waals surface area contributed by atoms with Crippen LogP contribution in [0.15, 0.2) is 0 Å². The molecule has 0 N–H and O–H groups in total. The van der Waals surface area contributed by atoms with Gasteiger partial charge in [0.15, 0.2) is 0 Å². The molecule has 74 valence electrons. The van der Waals surface area contributed by atoms with Crippen molar-refractivity contribution < 1.29 is 14.2 Å². The minimum Gasteiger partial charge on any atom is -0.335 e. The lowest BCUT2D eigenvalue weighted by Gasteiger charge is -2.28. The van der Waals surface area contributed by atoms with E-state index in [1.54, 1.807) is 21.3 Å². The fourth-order valence-electron chi connectivity index (χ4n) is 1.01. The van der Waals surface area contributed by atoms with Crippen molar-refractivity contribution in [3.8, 4) is 0 Å². The van der Waals surface area contributed by atoms with Gasteiger partial charge in [0.1, 0.15) is 9.52 Å². The average Bonchev–Trinajstić information content (AvgIpc) is 2.14. The summed E-state index contributed by atoms with van der Waals surface area (Å²) in [6.45, 7) is 0. The molecule has 0 aromatic rings. The number of hydrogen-bond acceptors (Lipinski definition) is 4. The van der Waals surface area contributed by atoms with Gasteiger partial charge in [0, 0.05) is 21.3 Å². The van der Waals surface area contributed by atoms with Crippen molar-refractivity contribution in [2.24, 2.45) is 0 Å². The Labute approximate surface area is 82.0 Å². The Bertz CT molecular complexity index is 101. The Morgan fingerprint density at radius 2 is 1.67 bits per heavy atom. The molecule has 0 fully saturated rings. The first-order chi connectivity index (χ1) is 5.74. The van der Waals surface area contributed by atoms with Gasteiger partial charge in [-0.25, -0.2) is 0 Å². The largest absolute Gasteiger partial charge is 0.335 e. The lowest BCUT2D eigenvalue weighted by atomic mass is 10.6. The second-order valence-corrected chi connectivity index (χ2v) is 5.00. The third-order valence-electron chi connectivity index (χ3n) is 1.82. The molecule has 12 heavy (non-hydrogen) atoms. The Morgan fingerprint density at radius 1 is 1.17 bits per heavy atom. The molecule has 0 heterocycles. The monoisotopic (exact) mass is 210 g/mol. The summed E-state index contributed by atoms with van der Waals surface area (Å²) >= 11 is 4.14. The normalized spacial score (nSPS) is 13.0. The highest BCUT2D eigenvalue weighted by Crippen LogP contribution is 2.12. The molecule has 0 aromatic heterocycles. The molecule has 0 unspecified atom stereocenters. The van der Waals surface area contributed by atoms with E-state index in [1.165, 1.54) is 0 Å². The zero-order chi connectivity index (χ0) is 9.45. The molecule has 0 atom stereocenters. The van der Waals surface area contributed by atoms with Crippen molar-refractivity contribution >= 4 is 22.1 Å². The van der Waals surface area contributed by atoms with E-state index < -0.39 is 15.1 Å². The van der Waals surface area contributed by atoms with Crippen molar-refractivity contribution in [3.63, 3.8) is 0 Å². The van der Waals surface area contributed by atoms with Crippen molar-refractivity contribution in [1.82, 2.24) is 0 Å². The van der Waals surface area contributed by atoms with Crippen molar-refractivity contribution in [3.05, 3.63) is 0 Å². The summed E-state index contributed by atoms with van der Waals surface area (Å²) in [4.78, 5) is 0. The van der Waals surface area contributed by atoms with Gasteiger partial charge in [0.05, 0.1) is 0 Å². The zero-order valence-electron chi connectivity index (χ0n) is 8.00. The number of methoxy groups -OCH3 is 3. The maximum absolute atomic E-state index is 5.18. The quantitative estimate of drug-likeness (QED) is 0.286. The molecule has 0 spiro atoms. The summed E-state index contributed by atoms with van der Waals surface area (Å²) in [6, 6.07) is 1.12. The van der Waals surface area contributed by atoms with Crippen molar-refractivity contribution in [1.29, 1.82) is 0 Å². The lowest BCUT2D eigenvalue weighted by molar-refractivity contribution is -0.294. The predicted octanol–water partition coefficient (Wildman–Crippen LogP) is 0.444. The fourth-order valence-corrected chi connectivity index (χ4v) is 3.20. The van der Waals surface area contributed by atoms with Gasteiger partial charge in [-0.05, 0) is 12.2 Å². The van der Waals surface area contributed by atoms with Crippen LogP contribution in [0.4, 0.5) is 0 Å². The molecule has 0 aliphatic heterocycles. The van der Waals surface area contributed by atoms with Gasteiger partial charge >= 0.3 is 0 Å². The first kappa shape index (κ1) is 12.4. The van der Waals surface area contributed by atoms with Gasteiger partial charge in [-0.2, -0.15) is 12.6 Å². The number of thiol groups is 1. The maximum atomic E-state index is 5.18. The predicted molar refractivity (Wildman–Crippen MR) is 55.6 cm³/mol. The van der Waals surface area contributed by atoms with Gasteiger partial charge < -0.3 is 14.2 Å². The van der Waals surface area contributed by atoms with E-state index in [4.69, 9.17) is 14.2 Å². The summed E-state index contributed by atoms with van der Waals surface area (Å²) in [7, 11) is 4.33. The Balaban J connectivity index is 3.76. The second-order valence-electron chi connectivity index (χ2n) is 2.48. The minimum atomic E-state index is -0.719. The number of hydrogen-bond donors (Lipinski definition) is 1. The van der Waals surface area contributed by atoms with E-state index >= 15 is 0 Å². The third kappa shape index (κ3) is 3.91. The second kappa shape index (κ2) is 6.91. The first-order valence-corrected chi connectivity index (χ1v) is 6.35. The van der Waals surface area contributed by atoms with E-state index in [9.17, 15) is 0 Å². The van der Waals surface area contributed by atoms with Crippen LogP contribution in [0.1, 0.15) is 6.42 Å². The molecule has 0 aliphatic rings. The fraction of sp³-hybridized carbons (Fsp3) is 1.00. The molecule has 0 radical (unpaired) electrons. The highest BCUT2D eigenvalue weighted by atomic mass is 32.1. The van der Waals surface area contributed by atoms with Gasteiger partial charge in [-0.15, -0.1) is 0 Å². The van der Waals surface area contributed by atoms with Crippen LogP contribution in [0.2, 0.25) is 6.04 Å². The van der Waals surface area contributed by atoms with Crippen molar-refractivity contribution in [2.75, 3.05) is 27.1 Å². The van der Waals surface area contributed by atoms with Crippen LogP contribution in [0, 0.1) is 0 Å². The van der Waals surface area contributed by atoms with Gasteiger partial charge in [-0.1, -0.05) is 6.04 Å².